The third kappa shape index (κ3) is 10.3. The first-order chi connectivity index (χ1) is 22.4. The zero-order valence-electron chi connectivity index (χ0n) is 28.8. The first-order valence-corrected chi connectivity index (χ1v) is 16.8. The Labute approximate surface area is 280 Å². The molecule has 0 spiro atoms. The number of allylic oxidation sites excluding steroid dienone is 3. The number of carbonyl (C=O) groups is 4. The van der Waals surface area contributed by atoms with Crippen LogP contribution in [0.1, 0.15) is 58.4 Å². The molecular formula is C37H54N6O4. The van der Waals surface area contributed by atoms with Crippen LogP contribution in [0.15, 0.2) is 66.8 Å². The van der Waals surface area contributed by atoms with E-state index in [1.165, 1.54) is 4.90 Å². The van der Waals surface area contributed by atoms with Gasteiger partial charge < -0.3 is 31.2 Å². The summed E-state index contributed by atoms with van der Waals surface area (Å²) >= 11 is 0. The number of likely N-dealkylation sites (tertiary alicyclic amines) is 1. The minimum Gasteiger partial charge on any atom is -0.348 e. The molecule has 5 atom stereocenters. The molecule has 2 aliphatic rings. The van der Waals surface area contributed by atoms with Crippen LogP contribution < -0.4 is 16.0 Å². The molecule has 0 saturated carbocycles. The molecule has 3 unspecified atom stereocenters. The number of carbonyl (C=O) groups excluding carboxylic acids is 4. The molecule has 10 nitrogen and oxygen atoms in total. The van der Waals surface area contributed by atoms with Crippen LogP contribution in [0.2, 0.25) is 0 Å². The average Bonchev–Trinajstić information content (AvgIpc) is 3.04. The van der Waals surface area contributed by atoms with Gasteiger partial charge in [0, 0.05) is 50.1 Å². The van der Waals surface area contributed by atoms with Crippen LogP contribution in [-0.4, -0.2) is 91.5 Å². The molecule has 1 aromatic carbocycles. The molecule has 1 heterocycles. The van der Waals surface area contributed by atoms with Crippen molar-refractivity contribution >= 4 is 29.2 Å². The SMILES string of the molecule is C=CCNCC(=O)N1[C@@H](NC(=O)C(C)Cc2ccccc2)CC(CCC2=CC=CC(C)(CNCC(=O)N(C)C)C2=N)C(=O)[C@@H]1CCC. The van der Waals surface area contributed by atoms with Gasteiger partial charge in [0.15, 0.2) is 5.78 Å². The molecule has 1 fully saturated rings. The second-order valence-corrected chi connectivity index (χ2v) is 13.2. The predicted octanol–water partition coefficient (Wildman–Crippen LogP) is 3.65. The van der Waals surface area contributed by atoms with E-state index in [1.807, 2.05) is 69.3 Å². The van der Waals surface area contributed by atoms with E-state index in [2.05, 4.69) is 22.5 Å². The van der Waals surface area contributed by atoms with E-state index in [1.54, 1.807) is 25.1 Å². The van der Waals surface area contributed by atoms with Crippen LogP contribution >= 0.6 is 0 Å². The molecule has 1 saturated heterocycles. The maximum atomic E-state index is 14.0. The number of amides is 3. The van der Waals surface area contributed by atoms with Gasteiger partial charge in [-0.15, -0.1) is 6.58 Å². The third-order valence-electron chi connectivity index (χ3n) is 9.15. The van der Waals surface area contributed by atoms with Gasteiger partial charge in [-0.05, 0) is 50.2 Å². The van der Waals surface area contributed by atoms with Gasteiger partial charge in [0.2, 0.25) is 17.7 Å². The van der Waals surface area contributed by atoms with Crippen molar-refractivity contribution in [2.24, 2.45) is 17.3 Å². The molecule has 0 radical (unpaired) electrons. The van der Waals surface area contributed by atoms with Crippen molar-refractivity contribution in [1.82, 2.24) is 25.8 Å². The number of hydrogen-bond acceptors (Lipinski definition) is 7. The summed E-state index contributed by atoms with van der Waals surface area (Å²) in [6.45, 7) is 10.7. The summed E-state index contributed by atoms with van der Waals surface area (Å²) in [5.41, 5.74) is 1.77. The van der Waals surface area contributed by atoms with Crippen LogP contribution in [0.25, 0.3) is 0 Å². The van der Waals surface area contributed by atoms with E-state index < -0.39 is 17.6 Å². The van der Waals surface area contributed by atoms with Crippen molar-refractivity contribution in [3.8, 4) is 0 Å². The Bertz CT molecular complexity index is 1340. The Morgan fingerprint density at radius 3 is 2.53 bits per heavy atom. The van der Waals surface area contributed by atoms with Gasteiger partial charge in [0.25, 0.3) is 0 Å². The number of nitrogens with zero attached hydrogens (tertiary/aromatic N) is 2. The minimum atomic E-state index is -0.644. The largest absolute Gasteiger partial charge is 0.348 e. The minimum absolute atomic E-state index is 0.0110. The predicted molar refractivity (Wildman–Crippen MR) is 187 cm³/mol. The van der Waals surface area contributed by atoms with Crippen LogP contribution in [-0.2, 0) is 25.6 Å². The zero-order chi connectivity index (χ0) is 34.6. The normalized spacial score (nSPS) is 23.2. The standard InChI is InChI=1S/C37H54N6O4/c1-7-13-30-34(46)29(18-17-28-16-12-19-37(4,35(28)38)25-40-23-32(44)42(5)6)22-31(43(30)33(45)24-39-20-8-2)41-36(47)26(3)21-27-14-10-9-11-15-27/h8-12,14-16,19,26,29-31,38-40H,2,7,13,17-18,20-25H2,1,3-6H3,(H,41,47)/t26?,29?,30-,31+,37?/m0/s1. The quantitative estimate of drug-likeness (QED) is 0.151. The topological polar surface area (TPSA) is 135 Å². The molecule has 256 valence electrons. The lowest BCUT2D eigenvalue weighted by Gasteiger charge is -2.45. The first kappa shape index (κ1) is 37.6. The Kier molecular flexibility index (Phi) is 14.3. The highest BCUT2D eigenvalue weighted by Gasteiger charge is 2.44. The third-order valence-corrected chi connectivity index (χ3v) is 9.15. The van der Waals surface area contributed by atoms with E-state index in [9.17, 15) is 19.2 Å². The molecule has 1 aromatic rings. The summed E-state index contributed by atoms with van der Waals surface area (Å²) in [6.07, 6.45) is 10.0. The van der Waals surface area contributed by atoms with E-state index in [-0.39, 0.29) is 48.4 Å². The lowest BCUT2D eigenvalue weighted by Crippen LogP contribution is -2.64. The van der Waals surface area contributed by atoms with Gasteiger partial charge in [-0.25, -0.2) is 0 Å². The van der Waals surface area contributed by atoms with Crippen molar-refractivity contribution in [1.29, 1.82) is 5.41 Å². The fourth-order valence-electron chi connectivity index (χ4n) is 6.34. The summed E-state index contributed by atoms with van der Waals surface area (Å²) in [7, 11) is 3.42. The average molecular weight is 647 g/mol. The Morgan fingerprint density at radius 2 is 1.87 bits per heavy atom. The van der Waals surface area contributed by atoms with Gasteiger partial charge in [0.05, 0.1) is 19.1 Å². The number of piperidine rings is 1. The number of nitrogens with one attached hydrogen (secondary N) is 4. The maximum Gasteiger partial charge on any atom is 0.238 e. The summed E-state index contributed by atoms with van der Waals surface area (Å²) in [5.74, 6) is -1.11. The fraction of sp³-hybridized carbons (Fsp3) is 0.541. The highest BCUT2D eigenvalue weighted by Crippen LogP contribution is 2.34. The number of ketones is 1. The molecule has 0 aromatic heterocycles. The van der Waals surface area contributed by atoms with E-state index in [0.29, 0.717) is 57.3 Å². The maximum absolute atomic E-state index is 14.0. The Morgan fingerprint density at radius 1 is 1.15 bits per heavy atom. The van der Waals surface area contributed by atoms with Crippen LogP contribution in [0, 0.1) is 22.7 Å². The second-order valence-electron chi connectivity index (χ2n) is 13.2. The van der Waals surface area contributed by atoms with Crippen molar-refractivity contribution in [3.05, 3.63) is 72.4 Å². The van der Waals surface area contributed by atoms with Crippen LogP contribution in [0.5, 0.6) is 0 Å². The van der Waals surface area contributed by atoms with E-state index >= 15 is 0 Å². The number of Topliss-reactive ketones (excluding diaryl/α,β-unsaturated/α-hetero) is 1. The van der Waals surface area contributed by atoms with E-state index in [4.69, 9.17) is 5.41 Å². The zero-order valence-corrected chi connectivity index (χ0v) is 28.8. The molecule has 1 aliphatic carbocycles. The summed E-state index contributed by atoms with van der Waals surface area (Å²) in [4.78, 5) is 56.4. The molecule has 1 aliphatic heterocycles. The van der Waals surface area contributed by atoms with Crippen LogP contribution in [0.3, 0.4) is 0 Å². The molecule has 0 bridgehead atoms. The van der Waals surface area contributed by atoms with Gasteiger partial charge in [-0.3, -0.25) is 19.2 Å². The van der Waals surface area contributed by atoms with Gasteiger partial charge >= 0.3 is 0 Å². The van der Waals surface area contributed by atoms with Crippen molar-refractivity contribution in [3.63, 3.8) is 0 Å². The van der Waals surface area contributed by atoms with Crippen molar-refractivity contribution in [2.45, 2.75) is 71.5 Å². The lowest BCUT2D eigenvalue weighted by atomic mass is 9.75. The molecule has 10 heteroatoms. The van der Waals surface area contributed by atoms with Crippen LogP contribution in [0.4, 0.5) is 0 Å². The van der Waals surface area contributed by atoms with E-state index in [0.717, 1.165) is 11.1 Å². The summed E-state index contributed by atoms with van der Waals surface area (Å²) < 4.78 is 0. The fourth-order valence-corrected chi connectivity index (χ4v) is 6.34. The Hall–Kier alpha value is -3.89. The van der Waals surface area contributed by atoms with Crippen molar-refractivity contribution < 1.29 is 19.2 Å². The molecule has 3 amide bonds. The molecular weight excluding hydrogens is 592 g/mol. The molecule has 3 rings (SSSR count). The monoisotopic (exact) mass is 646 g/mol. The molecule has 47 heavy (non-hydrogen) atoms. The molecule has 4 N–H and O–H groups in total. The first-order valence-electron chi connectivity index (χ1n) is 16.8. The highest BCUT2D eigenvalue weighted by atomic mass is 16.2. The van der Waals surface area contributed by atoms with Gasteiger partial charge in [0.1, 0.15) is 6.17 Å². The number of hydrogen-bond donors (Lipinski definition) is 4. The summed E-state index contributed by atoms with van der Waals surface area (Å²) in [6, 6.07) is 9.19. The number of benzene rings is 1. The Balaban J connectivity index is 1.77. The van der Waals surface area contributed by atoms with Gasteiger partial charge in [-0.2, -0.15) is 0 Å². The lowest BCUT2D eigenvalue weighted by molar-refractivity contribution is -0.152. The summed E-state index contributed by atoms with van der Waals surface area (Å²) in [5, 5.41) is 18.4. The van der Waals surface area contributed by atoms with Crippen molar-refractivity contribution in [2.75, 3.05) is 40.3 Å². The second kappa shape index (κ2) is 17.9. The highest BCUT2D eigenvalue weighted by molar-refractivity contribution is 6.04. The smallest absolute Gasteiger partial charge is 0.238 e. The number of likely N-dealkylation sites (N-methyl/N-ethyl adjacent to an activating group) is 1. The number of rotatable bonds is 17. The van der Waals surface area contributed by atoms with Gasteiger partial charge in [-0.1, -0.05) is 74.9 Å².